The van der Waals surface area contributed by atoms with Crippen LogP contribution in [0.25, 0.3) is 0 Å². The molecule has 1 rings (SSSR count). The lowest BCUT2D eigenvalue weighted by atomic mass is 9.97. The van der Waals surface area contributed by atoms with Gasteiger partial charge in [-0.3, -0.25) is 4.79 Å². The van der Waals surface area contributed by atoms with Crippen molar-refractivity contribution in [2.75, 3.05) is 12.3 Å². The van der Waals surface area contributed by atoms with Gasteiger partial charge >= 0.3 is 0 Å². The molecule has 0 fully saturated rings. The van der Waals surface area contributed by atoms with Crippen LogP contribution in [0.5, 0.6) is 0 Å². The number of amides is 1. The first-order valence-corrected chi connectivity index (χ1v) is 6.25. The van der Waals surface area contributed by atoms with Crippen LogP contribution < -0.4 is 11.1 Å². The zero-order valence-corrected chi connectivity index (χ0v) is 11.9. The third kappa shape index (κ3) is 4.35. The molecule has 1 heterocycles. The average molecular weight is 249 g/mol. The van der Waals surface area contributed by atoms with E-state index in [9.17, 15) is 4.79 Å². The first-order chi connectivity index (χ1) is 8.19. The van der Waals surface area contributed by atoms with Crippen molar-refractivity contribution in [3.05, 3.63) is 23.4 Å². The minimum Gasteiger partial charge on any atom is -0.384 e. The minimum absolute atomic E-state index is 0.0646. The van der Waals surface area contributed by atoms with E-state index in [-0.39, 0.29) is 17.2 Å². The van der Waals surface area contributed by atoms with Gasteiger partial charge in [0.25, 0.3) is 5.91 Å². The molecule has 0 saturated carbocycles. The van der Waals surface area contributed by atoms with E-state index in [4.69, 9.17) is 5.73 Å². The molecule has 0 aliphatic carbocycles. The van der Waals surface area contributed by atoms with Gasteiger partial charge in [-0.2, -0.15) is 0 Å². The second-order valence-electron chi connectivity index (χ2n) is 6.10. The van der Waals surface area contributed by atoms with Gasteiger partial charge in [-0.1, -0.05) is 34.6 Å². The van der Waals surface area contributed by atoms with E-state index in [1.165, 1.54) is 0 Å². The molecule has 0 aliphatic heterocycles. The molecule has 18 heavy (non-hydrogen) atoms. The van der Waals surface area contributed by atoms with Crippen molar-refractivity contribution in [2.45, 2.75) is 40.5 Å². The fourth-order valence-electron chi connectivity index (χ4n) is 1.45. The molecule has 0 spiro atoms. The van der Waals surface area contributed by atoms with Crippen molar-refractivity contribution in [1.29, 1.82) is 0 Å². The van der Waals surface area contributed by atoms with Gasteiger partial charge in [0.1, 0.15) is 5.82 Å². The normalized spacial score (nSPS) is 11.7. The van der Waals surface area contributed by atoms with E-state index in [1.807, 2.05) is 13.8 Å². The first kappa shape index (κ1) is 14.5. The molecule has 4 heteroatoms. The molecule has 0 atom stereocenters. The van der Waals surface area contributed by atoms with Gasteiger partial charge in [-0.15, -0.1) is 0 Å². The van der Waals surface area contributed by atoms with Gasteiger partial charge in [0.05, 0.1) is 0 Å². The molecule has 0 unspecified atom stereocenters. The molecule has 3 N–H and O–H groups in total. The van der Waals surface area contributed by atoms with Crippen LogP contribution in [0.2, 0.25) is 0 Å². The number of nitrogens with one attached hydrogen (secondary N) is 1. The van der Waals surface area contributed by atoms with Crippen molar-refractivity contribution in [3.8, 4) is 0 Å². The van der Waals surface area contributed by atoms with Crippen LogP contribution in [0.4, 0.5) is 5.82 Å². The Labute approximate surface area is 109 Å². The van der Waals surface area contributed by atoms with Gasteiger partial charge in [-0.05, 0) is 23.5 Å². The summed E-state index contributed by atoms with van der Waals surface area (Å²) < 4.78 is 0. The summed E-state index contributed by atoms with van der Waals surface area (Å²) in [4.78, 5) is 16.2. The lowest BCUT2D eigenvalue weighted by Gasteiger charge is -2.19. The Hall–Kier alpha value is -1.58. The number of rotatable bonds is 3. The summed E-state index contributed by atoms with van der Waals surface area (Å²) in [7, 11) is 0. The van der Waals surface area contributed by atoms with Crippen molar-refractivity contribution in [1.82, 2.24) is 10.3 Å². The van der Waals surface area contributed by atoms with Gasteiger partial charge in [0, 0.05) is 17.8 Å². The fraction of sp³-hybridized carbons (Fsp3) is 0.571. The average Bonchev–Trinajstić information content (AvgIpc) is 2.23. The molecule has 0 saturated heterocycles. The topological polar surface area (TPSA) is 68.0 Å². The Morgan fingerprint density at radius 3 is 2.50 bits per heavy atom. The van der Waals surface area contributed by atoms with E-state index in [2.05, 4.69) is 31.1 Å². The predicted molar refractivity (Wildman–Crippen MR) is 74.5 cm³/mol. The highest BCUT2D eigenvalue weighted by Gasteiger charge is 2.14. The quantitative estimate of drug-likeness (QED) is 0.865. The van der Waals surface area contributed by atoms with Crippen LogP contribution in [0.1, 0.15) is 56.6 Å². The van der Waals surface area contributed by atoms with E-state index >= 15 is 0 Å². The molecule has 1 aromatic rings. The van der Waals surface area contributed by atoms with Crippen molar-refractivity contribution in [2.24, 2.45) is 5.41 Å². The standard InChI is InChI=1S/C14H23N3O/c1-9(2)11-6-10(7-12(15)17-11)13(18)16-8-14(3,4)5/h6-7,9H,8H2,1-5H3,(H2,15,17)(H,16,18). The zero-order chi connectivity index (χ0) is 13.9. The van der Waals surface area contributed by atoms with Crippen LogP contribution in [0.3, 0.4) is 0 Å². The Bertz CT molecular complexity index is 433. The molecule has 4 nitrogen and oxygen atoms in total. The molecule has 0 aliphatic rings. The molecular formula is C14H23N3O. The number of nitrogens with zero attached hydrogens (tertiary/aromatic N) is 1. The number of hydrogen-bond donors (Lipinski definition) is 2. The summed E-state index contributed by atoms with van der Waals surface area (Å²) in [6.45, 7) is 10.9. The maximum absolute atomic E-state index is 12.0. The molecule has 0 aromatic carbocycles. The van der Waals surface area contributed by atoms with E-state index in [1.54, 1.807) is 12.1 Å². The summed E-state index contributed by atoms with van der Waals surface area (Å²) in [6, 6.07) is 3.42. The molecule has 1 aromatic heterocycles. The second kappa shape index (κ2) is 5.38. The molecular weight excluding hydrogens is 226 g/mol. The van der Waals surface area contributed by atoms with Gasteiger partial charge in [0.2, 0.25) is 0 Å². The molecule has 100 valence electrons. The van der Waals surface area contributed by atoms with E-state index in [0.717, 1.165) is 5.69 Å². The summed E-state index contributed by atoms with van der Waals surface area (Å²) >= 11 is 0. The molecule has 0 radical (unpaired) electrons. The van der Waals surface area contributed by atoms with Gasteiger partial charge in [0.15, 0.2) is 0 Å². The third-order valence-corrected chi connectivity index (χ3v) is 2.50. The lowest BCUT2D eigenvalue weighted by Crippen LogP contribution is -2.32. The first-order valence-electron chi connectivity index (χ1n) is 6.25. The number of anilines is 1. The Kier molecular flexibility index (Phi) is 4.33. The van der Waals surface area contributed by atoms with Gasteiger partial charge < -0.3 is 11.1 Å². The Morgan fingerprint density at radius 1 is 1.39 bits per heavy atom. The third-order valence-electron chi connectivity index (χ3n) is 2.50. The number of hydrogen-bond acceptors (Lipinski definition) is 3. The summed E-state index contributed by atoms with van der Waals surface area (Å²) in [6.07, 6.45) is 0. The van der Waals surface area contributed by atoms with Crippen molar-refractivity contribution in [3.63, 3.8) is 0 Å². The Balaban J connectivity index is 2.86. The number of carbonyl (C=O) groups is 1. The zero-order valence-electron chi connectivity index (χ0n) is 11.9. The van der Waals surface area contributed by atoms with Crippen molar-refractivity contribution < 1.29 is 4.79 Å². The largest absolute Gasteiger partial charge is 0.384 e. The SMILES string of the molecule is CC(C)c1cc(C(=O)NCC(C)(C)C)cc(N)n1. The number of aromatic nitrogens is 1. The number of nitrogens with two attached hydrogens (primary N) is 1. The summed E-state index contributed by atoms with van der Waals surface area (Å²) in [5.41, 5.74) is 7.21. The van der Waals surface area contributed by atoms with Crippen LogP contribution in [-0.4, -0.2) is 17.4 Å². The summed E-state index contributed by atoms with van der Waals surface area (Å²) in [5, 5.41) is 2.91. The maximum Gasteiger partial charge on any atom is 0.251 e. The highest BCUT2D eigenvalue weighted by Crippen LogP contribution is 2.16. The van der Waals surface area contributed by atoms with Crippen LogP contribution >= 0.6 is 0 Å². The highest BCUT2D eigenvalue weighted by atomic mass is 16.1. The van der Waals surface area contributed by atoms with Crippen molar-refractivity contribution >= 4 is 11.7 Å². The summed E-state index contributed by atoms with van der Waals surface area (Å²) in [5.74, 6) is 0.547. The van der Waals surface area contributed by atoms with Crippen LogP contribution in [0, 0.1) is 5.41 Å². The van der Waals surface area contributed by atoms with E-state index in [0.29, 0.717) is 17.9 Å². The molecule has 0 bridgehead atoms. The highest BCUT2D eigenvalue weighted by molar-refractivity contribution is 5.94. The fourth-order valence-corrected chi connectivity index (χ4v) is 1.45. The maximum atomic E-state index is 12.0. The second-order valence-corrected chi connectivity index (χ2v) is 6.10. The predicted octanol–water partition coefficient (Wildman–Crippen LogP) is 2.56. The minimum atomic E-state index is -0.0964. The van der Waals surface area contributed by atoms with Gasteiger partial charge in [-0.25, -0.2) is 4.98 Å². The Morgan fingerprint density at radius 2 is 2.00 bits per heavy atom. The number of carbonyl (C=O) groups excluding carboxylic acids is 1. The number of nitrogen functional groups attached to an aromatic ring is 1. The van der Waals surface area contributed by atoms with Crippen LogP contribution in [0.15, 0.2) is 12.1 Å². The lowest BCUT2D eigenvalue weighted by molar-refractivity contribution is 0.0939. The monoisotopic (exact) mass is 249 g/mol. The molecule has 1 amide bonds. The smallest absolute Gasteiger partial charge is 0.251 e. The van der Waals surface area contributed by atoms with Crippen LogP contribution in [-0.2, 0) is 0 Å². The number of pyridine rings is 1. The van der Waals surface area contributed by atoms with E-state index < -0.39 is 0 Å².